The summed E-state index contributed by atoms with van der Waals surface area (Å²) in [4.78, 5) is 0. The van der Waals surface area contributed by atoms with Crippen molar-refractivity contribution in [1.82, 2.24) is 0 Å². The molecule has 0 aromatic heterocycles. The van der Waals surface area contributed by atoms with Gasteiger partial charge >= 0.3 is 0 Å². The molecule has 0 aliphatic heterocycles. The van der Waals surface area contributed by atoms with E-state index in [2.05, 4.69) is 84.9 Å². The lowest BCUT2D eigenvalue weighted by Crippen LogP contribution is -1.80. The Morgan fingerprint density at radius 1 is 0.292 bits per heavy atom. The fourth-order valence-corrected chi connectivity index (χ4v) is 3.39. The van der Waals surface area contributed by atoms with E-state index in [1.54, 1.807) is 0 Å². The van der Waals surface area contributed by atoms with Gasteiger partial charge in [-0.15, -0.1) is 0 Å². The van der Waals surface area contributed by atoms with Crippen molar-refractivity contribution in [1.29, 1.82) is 0 Å². The molecule has 0 unspecified atom stereocenters. The molecule has 5 aromatic carbocycles. The minimum Gasteiger partial charge on any atom is -0.0616 e. The first-order valence-corrected chi connectivity index (χ1v) is 7.62. The molecular weight excluding hydrogens is 286 g/mol. The van der Waals surface area contributed by atoms with E-state index in [-0.39, 0.29) is 16.8 Å². The molecule has 108 valence electrons. The normalized spacial score (nSPS) is 10.7. The highest BCUT2D eigenvalue weighted by atomic mass is 14.1. The SMILES string of the molecule is [B].[B].c1ccc2cc3cc4cc5ccccc5cc4cc3cc2c1. The molecular formula is C22H14B2. The van der Waals surface area contributed by atoms with Gasteiger partial charge in [0.05, 0.1) is 0 Å². The van der Waals surface area contributed by atoms with Crippen molar-refractivity contribution in [3.8, 4) is 0 Å². The number of hydrogen-bond acceptors (Lipinski definition) is 0. The van der Waals surface area contributed by atoms with Crippen LogP contribution in [-0.2, 0) is 0 Å². The molecule has 0 atom stereocenters. The number of benzene rings is 5. The first-order valence-electron chi connectivity index (χ1n) is 7.62. The highest BCUT2D eigenvalue weighted by molar-refractivity contribution is 6.08. The molecule has 0 saturated heterocycles. The third-order valence-corrected chi connectivity index (χ3v) is 4.52. The quantitative estimate of drug-likeness (QED) is 0.260. The molecule has 0 nitrogen and oxygen atoms in total. The van der Waals surface area contributed by atoms with E-state index < -0.39 is 0 Å². The molecule has 0 aliphatic rings. The second-order valence-electron chi connectivity index (χ2n) is 5.95. The topological polar surface area (TPSA) is 0 Å². The van der Waals surface area contributed by atoms with Crippen LogP contribution in [0.15, 0.2) is 84.9 Å². The smallest absolute Gasteiger partial charge is 0 e. The largest absolute Gasteiger partial charge is 0.0616 e. The summed E-state index contributed by atoms with van der Waals surface area (Å²) >= 11 is 0. The van der Waals surface area contributed by atoms with Crippen LogP contribution in [0, 0.1) is 0 Å². The molecule has 0 bridgehead atoms. The van der Waals surface area contributed by atoms with Crippen LogP contribution in [0.2, 0.25) is 0 Å². The monoisotopic (exact) mass is 300 g/mol. The first-order chi connectivity index (χ1) is 10.9. The number of fused-ring (bicyclic) bond motifs is 4. The van der Waals surface area contributed by atoms with Crippen molar-refractivity contribution >= 4 is 59.9 Å². The Kier molecular flexibility index (Phi) is 4.07. The van der Waals surface area contributed by atoms with Gasteiger partial charge in [-0.1, -0.05) is 48.5 Å². The van der Waals surface area contributed by atoms with Crippen molar-refractivity contribution in [2.24, 2.45) is 0 Å². The highest BCUT2D eigenvalue weighted by Crippen LogP contribution is 2.29. The van der Waals surface area contributed by atoms with Crippen LogP contribution < -0.4 is 0 Å². The second-order valence-corrected chi connectivity index (χ2v) is 5.95. The Bertz CT molecular complexity index is 992. The minimum absolute atomic E-state index is 0. The molecule has 5 aromatic rings. The van der Waals surface area contributed by atoms with Gasteiger partial charge in [-0.2, -0.15) is 0 Å². The number of hydrogen-bond donors (Lipinski definition) is 0. The molecule has 0 fully saturated rings. The Hall–Kier alpha value is -2.73. The molecule has 0 amide bonds. The van der Waals surface area contributed by atoms with Gasteiger partial charge in [-0.3, -0.25) is 0 Å². The van der Waals surface area contributed by atoms with E-state index >= 15 is 0 Å². The van der Waals surface area contributed by atoms with E-state index in [4.69, 9.17) is 0 Å². The van der Waals surface area contributed by atoms with Gasteiger partial charge in [-0.05, 0) is 79.5 Å². The van der Waals surface area contributed by atoms with Crippen LogP contribution in [0.1, 0.15) is 0 Å². The van der Waals surface area contributed by atoms with Gasteiger partial charge in [0.15, 0.2) is 0 Å². The zero-order valence-corrected chi connectivity index (χ0v) is 13.2. The lowest BCUT2D eigenvalue weighted by atomic mass is 9.97. The Labute approximate surface area is 145 Å². The van der Waals surface area contributed by atoms with Crippen molar-refractivity contribution in [2.75, 3.05) is 0 Å². The van der Waals surface area contributed by atoms with E-state index in [9.17, 15) is 0 Å². The van der Waals surface area contributed by atoms with Gasteiger partial charge in [-0.25, -0.2) is 0 Å². The average Bonchev–Trinajstić information content (AvgIpc) is 2.56. The van der Waals surface area contributed by atoms with Crippen LogP contribution in [0.3, 0.4) is 0 Å². The van der Waals surface area contributed by atoms with E-state index in [1.807, 2.05) is 0 Å². The van der Waals surface area contributed by atoms with Crippen molar-refractivity contribution in [3.05, 3.63) is 84.9 Å². The molecule has 2 heteroatoms. The van der Waals surface area contributed by atoms with Gasteiger partial charge in [0.2, 0.25) is 0 Å². The maximum absolute atomic E-state index is 2.31. The van der Waals surface area contributed by atoms with Gasteiger partial charge in [0.25, 0.3) is 0 Å². The van der Waals surface area contributed by atoms with Crippen molar-refractivity contribution in [2.45, 2.75) is 0 Å². The summed E-state index contributed by atoms with van der Waals surface area (Å²) in [6, 6.07) is 30.9. The van der Waals surface area contributed by atoms with Gasteiger partial charge < -0.3 is 0 Å². The maximum atomic E-state index is 2.31. The standard InChI is InChI=1S/C22H14.2B/c1-2-6-16-10-20-14-22-12-18-8-4-3-7-17(18)11-21(22)13-19(20)9-15(16)5-1;;/h1-14H;;. The zero-order valence-electron chi connectivity index (χ0n) is 13.2. The van der Waals surface area contributed by atoms with Gasteiger partial charge in [0, 0.05) is 16.8 Å². The van der Waals surface area contributed by atoms with Crippen LogP contribution in [-0.4, -0.2) is 16.8 Å². The summed E-state index contributed by atoms with van der Waals surface area (Å²) in [5.41, 5.74) is 0. The average molecular weight is 300 g/mol. The first kappa shape index (κ1) is 16.1. The predicted octanol–water partition coefficient (Wildman–Crippen LogP) is 5.54. The molecule has 0 spiro atoms. The maximum Gasteiger partial charge on any atom is 0 e. The summed E-state index contributed by atoms with van der Waals surface area (Å²) in [7, 11) is 0. The van der Waals surface area contributed by atoms with Gasteiger partial charge in [0.1, 0.15) is 0 Å². The Morgan fingerprint density at radius 3 is 0.750 bits per heavy atom. The van der Waals surface area contributed by atoms with Crippen LogP contribution >= 0.6 is 0 Å². The minimum atomic E-state index is 0. The van der Waals surface area contributed by atoms with Crippen LogP contribution in [0.4, 0.5) is 0 Å². The molecule has 0 saturated carbocycles. The molecule has 24 heavy (non-hydrogen) atoms. The predicted molar refractivity (Wildman–Crippen MR) is 108 cm³/mol. The molecule has 5 rings (SSSR count). The summed E-state index contributed by atoms with van der Waals surface area (Å²) < 4.78 is 0. The van der Waals surface area contributed by atoms with Crippen molar-refractivity contribution in [3.63, 3.8) is 0 Å². The third kappa shape index (κ3) is 2.45. The number of rotatable bonds is 0. The lowest BCUT2D eigenvalue weighted by molar-refractivity contribution is 1.78. The van der Waals surface area contributed by atoms with Crippen LogP contribution in [0.25, 0.3) is 43.1 Å². The van der Waals surface area contributed by atoms with E-state index in [0.29, 0.717) is 0 Å². The van der Waals surface area contributed by atoms with E-state index in [1.165, 1.54) is 43.1 Å². The Morgan fingerprint density at radius 2 is 0.500 bits per heavy atom. The molecule has 0 aliphatic carbocycles. The van der Waals surface area contributed by atoms with E-state index in [0.717, 1.165) is 0 Å². The molecule has 0 N–H and O–H groups in total. The second kappa shape index (κ2) is 6.05. The fourth-order valence-electron chi connectivity index (χ4n) is 3.39. The molecule has 6 radical (unpaired) electrons. The third-order valence-electron chi connectivity index (χ3n) is 4.52. The highest BCUT2D eigenvalue weighted by Gasteiger charge is 2.02. The van der Waals surface area contributed by atoms with Crippen LogP contribution in [0.5, 0.6) is 0 Å². The summed E-state index contributed by atoms with van der Waals surface area (Å²) in [6.07, 6.45) is 0. The van der Waals surface area contributed by atoms with Crippen molar-refractivity contribution < 1.29 is 0 Å². The summed E-state index contributed by atoms with van der Waals surface area (Å²) in [6.45, 7) is 0. The fraction of sp³-hybridized carbons (Fsp3) is 0. The molecule has 0 heterocycles. The summed E-state index contributed by atoms with van der Waals surface area (Å²) in [5, 5.41) is 10.4. The summed E-state index contributed by atoms with van der Waals surface area (Å²) in [5.74, 6) is 0. The lowest BCUT2D eigenvalue weighted by Gasteiger charge is -2.07. The zero-order chi connectivity index (χ0) is 14.5. The Balaban J connectivity index is 0.000000845.